The first-order valence-electron chi connectivity index (χ1n) is 5.73. The van der Waals surface area contributed by atoms with Crippen LogP contribution in [0.15, 0.2) is 39.7 Å². The highest BCUT2D eigenvalue weighted by Crippen LogP contribution is 2.29. The fourth-order valence-corrected chi connectivity index (χ4v) is 5.98. The molecule has 2 aromatic rings. The van der Waals surface area contributed by atoms with Crippen LogP contribution >= 0.6 is 61.1 Å². The fourth-order valence-electron chi connectivity index (χ4n) is 1.66. The Kier molecular flexibility index (Phi) is 6.03. The zero-order chi connectivity index (χ0) is 17.4. The van der Waals surface area contributed by atoms with Gasteiger partial charge in [-0.15, -0.1) is 0 Å². The first-order valence-corrected chi connectivity index (χ1v) is 10.1. The molecule has 5 nitrogen and oxygen atoms in total. The Morgan fingerprint density at radius 3 is 2.22 bits per heavy atom. The zero-order valence-electron chi connectivity index (χ0n) is 10.9. The molecule has 0 atom stereocenters. The highest BCUT2D eigenvalue weighted by molar-refractivity contribution is 14.1. The first kappa shape index (κ1) is 19.0. The number of halogens is 4. The maximum Gasteiger partial charge on any atom is 0.346 e. The molecule has 0 spiro atoms. The summed E-state index contributed by atoms with van der Waals surface area (Å²) in [5.74, 6) is -1.62. The standard InChI is InChI=1S/C13H6BrFI2O5S/c14-6-1-2-8(9(15)3-6)13(18)22-7-4-10(16)12(11(17)5-7)23(19,20)21/h1-5H,(H,19,20,21). The van der Waals surface area contributed by atoms with E-state index in [4.69, 9.17) is 9.29 Å². The van der Waals surface area contributed by atoms with Gasteiger partial charge >= 0.3 is 5.97 Å². The third-order valence-electron chi connectivity index (χ3n) is 2.59. The second-order valence-electron chi connectivity index (χ2n) is 4.20. The minimum atomic E-state index is -4.39. The molecule has 23 heavy (non-hydrogen) atoms. The van der Waals surface area contributed by atoms with Gasteiger partial charge in [0.2, 0.25) is 0 Å². The van der Waals surface area contributed by atoms with Crippen LogP contribution in [0.1, 0.15) is 10.4 Å². The van der Waals surface area contributed by atoms with Gasteiger partial charge in [0, 0.05) is 11.6 Å². The SMILES string of the molecule is O=C(Oc1cc(I)c(S(=O)(=O)O)c(I)c1)c1ccc(Br)cc1F. The lowest BCUT2D eigenvalue weighted by Crippen LogP contribution is -2.12. The molecule has 0 fully saturated rings. The lowest BCUT2D eigenvalue weighted by Gasteiger charge is -2.09. The predicted octanol–water partition coefficient (Wildman–Crippen LogP) is 4.26. The molecule has 0 radical (unpaired) electrons. The summed E-state index contributed by atoms with van der Waals surface area (Å²) in [6, 6.07) is 6.42. The van der Waals surface area contributed by atoms with E-state index in [1.54, 1.807) is 45.2 Å². The third kappa shape index (κ3) is 4.61. The lowest BCUT2D eigenvalue weighted by molar-refractivity contribution is 0.0729. The van der Waals surface area contributed by atoms with Gasteiger partial charge in [0.1, 0.15) is 16.5 Å². The van der Waals surface area contributed by atoms with Crippen molar-refractivity contribution in [3.05, 3.63) is 53.3 Å². The van der Waals surface area contributed by atoms with Gasteiger partial charge in [0.25, 0.3) is 10.1 Å². The number of carbonyl (C=O) groups excluding carboxylic acids is 1. The minimum Gasteiger partial charge on any atom is -0.423 e. The molecule has 0 saturated carbocycles. The summed E-state index contributed by atoms with van der Waals surface area (Å²) in [4.78, 5) is 11.7. The Balaban J connectivity index is 2.36. The summed E-state index contributed by atoms with van der Waals surface area (Å²) in [6.07, 6.45) is 0. The molecule has 2 aromatic carbocycles. The summed E-state index contributed by atoms with van der Waals surface area (Å²) in [5.41, 5.74) is -0.253. The number of hydrogen-bond donors (Lipinski definition) is 1. The number of carbonyl (C=O) groups is 1. The molecule has 2 rings (SSSR count). The third-order valence-corrected chi connectivity index (χ3v) is 6.47. The van der Waals surface area contributed by atoms with Crippen LogP contribution in [0.25, 0.3) is 0 Å². The fraction of sp³-hybridized carbons (Fsp3) is 0. The second kappa shape index (κ2) is 7.29. The summed E-state index contributed by atoms with van der Waals surface area (Å²) in [7, 11) is -4.39. The van der Waals surface area contributed by atoms with Crippen molar-refractivity contribution in [3.63, 3.8) is 0 Å². The van der Waals surface area contributed by atoms with E-state index in [2.05, 4.69) is 15.9 Å². The summed E-state index contributed by atoms with van der Waals surface area (Å²) in [6.45, 7) is 0. The monoisotopic (exact) mass is 626 g/mol. The molecular formula is C13H6BrFI2O5S. The molecule has 0 saturated heterocycles. The van der Waals surface area contributed by atoms with Crippen LogP contribution < -0.4 is 4.74 Å². The highest BCUT2D eigenvalue weighted by Gasteiger charge is 2.21. The van der Waals surface area contributed by atoms with Crippen LogP contribution in [0, 0.1) is 13.0 Å². The van der Waals surface area contributed by atoms with Crippen molar-refractivity contribution >= 4 is 77.2 Å². The Morgan fingerprint density at radius 1 is 1.17 bits per heavy atom. The van der Waals surface area contributed by atoms with Crippen LogP contribution in [0.3, 0.4) is 0 Å². The summed E-state index contributed by atoms with van der Waals surface area (Å²) in [5, 5.41) is 0. The quantitative estimate of drug-likeness (QED) is 0.238. The van der Waals surface area contributed by atoms with E-state index in [-0.39, 0.29) is 23.3 Å². The molecule has 0 heterocycles. The number of hydrogen-bond acceptors (Lipinski definition) is 4. The average Bonchev–Trinajstić information content (AvgIpc) is 2.35. The lowest BCUT2D eigenvalue weighted by atomic mass is 10.2. The van der Waals surface area contributed by atoms with Crippen molar-refractivity contribution in [2.24, 2.45) is 0 Å². The Bertz CT molecular complexity index is 878. The summed E-state index contributed by atoms with van der Waals surface area (Å²) >= 11 is 6.47. The molecule has 1 N–H and O–H groups in total. The molecule has 0 aromatic heterocycles. The number of ether oxygens (including phenoxy) is 1. The maximum absolute atomic E-state index is 13.7. The average molecular weight is 627 g/mol. The van der Waals surface area contributed by atoms with E-state index in [1.807, 2.05) is 0 Å². The number of rotatable bonds is 3. The molecular weight excluding hydrogens is 621 g/mol. The molecule has 0 unspecified atom stereocenters. The van der Waals surface area contributed by atoms with Crippen LogP contribution in [0.2, 0.25) is 0 Å². The van der Waals surface area contributed by atoms with Gasteiger partial charge in [-0.1, -0.05) is 15.9 Å². The minimum absolute atomic E-state index is 0.0403. The Labute approximate surface area is 166 Å². The second-order valence-corrected chi connectivity index (χ2v) is 8.80. The highest BCUT2D eigenvalue weighted by atomic mass is 127. The molecule has 122 valence electrons. The van der Waals surface area contributed by atoms with Crippen LogP contribution in [0.5, 0.6) is 5.75 Å². The van der Waals surface area contributed by atoms with Gasteiger partial charge < -0.3 is 4.74 Å². The van der Waals surface area contributed by atoms with E-state index in [9.17, 15) is 17.6 Å². The smallest absolute Gasteiger partial charge is 0.346 e. The van der Waals surface area contributed by atoms with Gasteiger partial charge in [0.05, 0.1) is 5.56 Å². The molecule has 0 aliphatic carbocycles. The molecule has 0 aliphatic rings. The van der Waals surface area contributed by atoms with E-state index in [1.165, 1.54) is 24.3 Å². The van der Waals surface area contributed by atoms with Crippen molar-refractivity contribution in [1.29, 1.82) is 0 Å². The van der Waals surface area contributed by atoms with Gasteiger partial charge in [-0.05, 0) is 75.5 Å². The van der Waals surface area contributed by atoms with Gasteiger partial charge in [0.15, 0.2) is 0 Å². The molecule has 0 aliphatic heterocycles. The van der Waals surface area contributed by atoms with Gasteiger partial charge in [-0.3, -0.25) is 4.55 Å². The first-order chi connectivity index (χ1) is 10.6. The number of esters is 1. The normalized spacial score (nSPS) is 11.3. The van der Waals surface area contributed by atoms with Crippen molar-refractivity contribution in [3.8, 4) is 5.75 Å². The van der Waals surface area contributed by atoms with Crippen LogP contribution in [-0.2, 0) is 10.1 Å². The number of benzene rings is 2. The largest absolute Gasteiger partial charge is 0.423 e. The zero-order valence-corrected chi connectivity index (χ0v) is 17.6. The van der Waals surface area contributed by atoms with E-state index < -0.39 is 21.9 Å². The van der Waals surface area contributed by atoms with Crippen molar-refractivity contribution < 1.29 is 26.9 Å². The van der Waals surface area contributed by atoms with E-state index in [0.29, 0.717) is 4.47 Å². The maximum atomic E-state index is 13.7. The molecule has 10 heteroatoms. The Hall–Kier alpha value is -0.310. The van der Waals surface area contributed by atoms with Gasteiger partial charge in [-0.25, -0.2) is 9.18 Å². The van der Waals surface area contributed by atoms with Crippen LogP contribution in [-0.4, -0.2) is 18.9 Å². The van der Waals surface area contributed by atoms with E-state index in [0.717, 1.165) is 6.07 Å². The summed E-state index contributed by atoms with van der Waals surface area (Å²) < 4.78 is 51.4. The van der Waals surface area contributed by atoms with Crippen molar-refractivity contribution in [1.82, 2.24) is 0 Å². The van der Waals surface area contributed by atoms with Crippen LogP contribution in [0.4, 0.5) is 4.39 Å². The van der Waals surface area contributed by atoms with Crippen molar-refractivity contribution in [2.45, 2.75) is 4.90 Å². The predicted molar refractivity (Wildman–Crippen MR) is 101 cm³/mol. The van der Waals surface area contributed by atoms with E-state index >= 15 is 0 Å². The Morgan fingerprint density at radius 2 is 1.74 bits per heavy atom. The molecule has 0 amide bonds. The van der Waals surface area contributed by atoms with Crippen molar-refractivity contribution in [2.75, 3.05) is 0 Å². The van der Waals surface area contributed by atoms with Gasteiger partial charge in [-0.2, -0.15) is 8.42 Å². The molecule has 0 bridgehead atoms. The topological polar surface area (TPSA) is 80.7 Å².